The predicted molar refractivity (Wildman–Crippen MR) is 135 cm³/mol. The van der Waals surface area contributed by atoms with E-state index in [2.05, 4.69) is 5.32 Å². The van der Waals surface area contributed by atoms with Gasteiger partial charge in [-0.3, -0.25) is 13.9 Å². The topological polar surface area (TPSA) is 111 Å². The van der Waals surface area contributed by atoms with Gasteiger partial charge in [0.15, 0.2) is 5.75 Å². The van der Waals surface area contributed by atoms with Crippen LogP contribution < -0.4 is 23.8 Å². The number of benzene rings is 2. The van der Waals surface area contributed by atoms with E-state index in [1.807, 2.05) is 0 Å². The standard InChI is InChI=1S/C25H25ClN2O7S/c1-14-10-16(27-15-6-4-7-17(11-15)28-8-5-9-36(28,31)32)12-20(29)25(14)24(30)21-18(33-2)13-19(34-3)22(26)23(21)35-25/h4,6-7,11-14,27H,5,8-10H2,1-3H3/t14-,25+/m1/s1. The number of carbonyl (C=O) groups is 2. The van der Waals surface area contributed by atoms with Gasteiger partial charge in [0.05, 0.1) is 25.7 Å². The molecule has 1 spiro atoms. The third-order valence-electron chi connectivity index (χ3n) is 6.85. The highest BCUT2D eigenvalue weighted by molar-refractivity contribution is 7.93. The van der Waals surface area contributed by atoms with Crippen LogP contribution in [-0.2, 0) is 14.8 Å². The van der Waals surface area contributed by atoms with E-state index < -0.39 is 33.1 Å². The maximum absolute atomic E-state index is 13.6. The van der Waals surface area contributed by atoms with E-state index in [4.69, 9.17) is 25.8 Å². The number of nitrogens with zero attached hydrogens (tertiary/aromatic N) is 1. The molecule has 36 heavy (non-hydrogen) atoms. The van der Waals surface area contributed by atoms with E-state index in [0.29, 0.717) is 36.5 Å². The monoisotopic (exact) mass is 532 g/mol. The lowest BCUT2D eigenvalue weighted by atomic mass is 9.74. The minimum atomic E-state index is -3.32. The van der Waals surface area contributed by atoms with Gasteiger partial charge >= 0.3 is 0 Å². The molecule has 0 bridgehead atoms. The first-order valence-electron chi connectivity index (χ1n) is 11.4. The number of halogens is 1. The number of anilines is 2. The van der Waals surface area contributed by atoms with Crippen LogP contribution in [0.4, 0.5) is 11.4 Å². The van der Waals surface area contributed by atoms with Crippen LogP contribution in [0.2, 0.25) is 5.02 Å². The molecule has 1 fully saturated rings. The molecule has 2 aromatic carbocycles. The number of hydrogen-bond donors (Lipinski definition) is 1. The van der Waals surface area contributed by atoms with Crippen LogP contribution in [0, 0.1) is 5.92 Å². The lowest BCUT2D eigenvalue weighted by molar-refractivity contribution is -0.129. The first kappa shape index (κ1) is 24.5. The Morgan fingerprint density at radius 1 is 1.17 bits per heavy atom. The molecule has 0 unspecified atom stereocenters. The number of methoxy groups -OCH3 is 2. The first-order chi connectivity index (χ1) is 17.1. The summed E-state index contributed by atoms with van der Waals surface area (Å²) in [6, 6.07) is 8.50. The Kier molecular flexibility index (Phi) is 5.91. The van der Waals surface area contributed by atoms with E-state index >= 15 is 0 Å². The fourth-order valence-corrected chi connectivity index (χ4v) is 6.89. The van der Waals surface area contributed by atoms with Crippen LogP contribution in [0.1, 0.15) is 30.1 Å². The van der Waals surface area contributed by atoms with Gasteiger partial charge in [0.25, 0.3) is 0 Å². The summed E-state index contributed by atoms with van der Waals surface area (Å²) in [5, 5.41) is 3.31. The maximum Gasteiger partial charge on any atom is 0.236 e. The molecule has 0 saturated carbocycles. The normalized spacial score (nSPS) is 24.4. The van der Waals surface area contributed by atoms with Crippen molar-refractivity contribution in [1.82, 2.24) is 0 Å². The van der Waals surface area contributed by atoms with Crippen molar-refractivity contribution in [3.63, 3.8) is 0 Å². The van der Waals surface area contributed by atoms with Crippen LogP contribution in [0.25, 0.3) is 0 Å². The van der Waals surface area contributed by atoms with E-state index in [-0.39, 0.29) is 33.6 Å². The highest BCUT2D eigenvalue weighted by Crippen LogP contribution is 2.53. The quantitative estimate of drug-likeness (QED) is 0.579. The molecule has 5 rings (SSSR count). The summed E-state index contributed by atoms with van der Waals surface area (Å²) in [6.45, 7) is 2.20. The molecule has 1 saturated heterocycles. The Morgan fingerprint density at radius 2 is 1.92 bits per heavy atom. The molecule has 0 amide bonds. The Balaban J connectivity index is 1.45. The molecule has 0 radical (unpaired) electrons. The summed E-state index contributed by atoms with van der Waals surface area (Å²) >= 11 is 6.43. The van der Waals surface area contributed by atoms with Crippen molar-refractivity contribution in [3.8, 4) is 17.2 Å². The average molecular weight is 533 g/mol. The second-order valence-corrected chi connectivity index (χ2v) is 11.4. The number of ketones is 2. The van der Waals surface area contributed by atoms with Crippen LogP contribution in [0.3, 0.4) is 0 Å². The summed E-state index contributed by atoms with van der Waals surface area (Å²) in [5.41, 5.74) is 0.135. The van der Waals surface area contributed by atoms with Crippen molar-refractivity contribution in [2.45, 2.75) is 25.4 Å². The molecule has 9 nitrogen and oxygen atoms in total. The molecule has 0 aromatic heterocycles. The molecule has 2 heterocycles. The zero-order valence-electron chi connectivity index (χ0n) is 20.0. The molecule has 3 aliphatic rings. The fraction of sp³-hybridized carbons (Fsp3) is 0.360. The third kappa shape index (κ3) is 3.62. The summed E-state index contributed by atoms with van der Waals surface area (Å²) in [6.07, 6.45) is 2.27. The van der Waals surface area contributed by atoms with Gasteiger partial charge in [-0.25, -0.2) is 8.42 Å². The van der Waals surface area contributed by atoms with Crippen molar-refractivity contribution in [2.24, 2.45) is 5.92 Å². The molecule has 190 valence electrons. The average Bonchev–Trinajstić information content (AvgIpc) is 3.36. The summed E-state index contributed by atoms with van der Waals surface area (Å²) in [5.74, 6) is -0.872. The predicted octanol–water partition coefficient (Wildman–Crippen LogP) is 3.82. The molecule has 2 aliphatic heterocycles. The Hall–Kier alpha value is -3.24. The Labute approximate surface area is 214 Å². The van der Waals surface area contributed by atoms with Crippen molar-refractivity contribution in [2.75, 3.05) is 36.1 Å². The Bertz CT molecular complexity index is 1420. The van der Waals surface area contributed by atoms with Crippen LogP contribution in [-0.4, -0.2) is 52.1 Å². The van der Waals surface area contributed by atoms with Gasteiger partial charge in [-0.1, -0.05) is 24.6 Å². The molecule has 2 atom stereocenters. The molecule has 2 aromatic rings. The van der Waals surface area contributed by atoms with Crippen LogP contribution in [0.15, 0.2) is 42.1 Å². The second-order valence-electron chi connectivity index (χ2n) is 9.02. The number of carbonyl (C=O) groups excluding carboxylic acids is 2. The van der Waals surface area contributed by atoms with Crippen molar-refractivity contribution in [3.05, 3.63) is 52.7 Å². The minimum absolute atomic E-state index is 0.0717. The largest absolute Gasteiger partial charge is 0.496 e. The zero-order valence-corrected chi connectivity index (χ0v) is 21.5. The maximum atomic E-state index is 13.6. The molecule has 1 N–H and O–H groups in total. The highest BCUT2D eigenvalue weighted by atomic mass is 35.5. The number of hydrogen-bond acceptors (Lipinski definition) is 8. The van der Waals surface area contributed by atoms with Crippen molar-refractivity contribution >= 4 is 44.6 Å². The highest BCUT2D eigenvalue weighted by Gasteiger charge is 2.60. The summed E-state index contributed by atoms with van der Waals surface area (Å²) < 4.78 is 42.7. The summed E-state index contributed by atoms with van der Waals surface area (Å²) in [4.78, 5) is 27.1. The van der Waals surface area contributed by atoms with E-state index in [1.54, 1.807) is 31.2 Å². The van der Waals surface area contributed by atoms with Gasteiger partial charge in [0.1, 0.15) is 22.1 Å². The van der Waals surface area contributed by atoms with E-state index in [1.165, 1.54) is 30.7 Å². The van der Waals surface area contributed by atoms with Gasteiger partial charge in [-0.05, 0) is 31.0 Å². The smallest absolute Gasteiger partial charge is 0.236 e. The van der Waals surface area contributed by atoms with E-state index in [9.17, 15) is 18.0 Å². The van der Waals surface area contributed by atoms with Gasteiger partial charge in [-0.15, -0.1) is 0 Å². The lowest BCUT2D eigenvalue weighted by Gasteiger charge is -2.35. The first-order valence-corrected chi connectivity index (χ1v) is 13.4. The second kappa shape index (κ2) is 8.70. The number of sulfonamides is 1. The summed E-state index contributed by atoms with van der Waals surface area (Å²) in [7, 11) is -0.470. The molecular weight excluding hydrogens is 508 g/mol. The van der Waals surface area contributed by atoms with Crippen LogP contribution in [0.5, 0.6) is 17.2 Å². The number of rotatable bonds is 5. The third-order valence-corrected chi connectivity index (χ3v) is 9.08. The van der Waals surface area contributed by atoms with E-state index in [0.717, 1.165) is 0 Å². The number of fused-ring (bicyclic) bond motifs is 1. The molecular formula is C25H25ClN2O7S. The molecule has 11 heteroatoms. The number of allylic oxidation sites excluding steroid dienone is 1. The minimum Gasteiger partial charge on any atom is -0.496 e. The van der Waals surface area contributed by atoms with Crippen molar-refractivity contribution in [1.29, 1.82) is 0 Å². The number of nitrogens with one attached hydrogen (secondary N) is 1. The Morgan fingerprint density at radius 3 is 2.56 bits per heavy atom. The molecule has 1 aliphatic carbocycles. The van der Waals surface area contributed by atoms with Gasteiger partial charge in [-0.2, -0.15) is 0 Å². The fourth-order valence-electron chi connectivity index (χ4n) is 5.07. The number of Topliss-reactive ketones (excluding diaryl/α,β-unsaturated/α-hetero) is 1. The van der Waals surface area contributed by atoms with Gasteiger partial charge in [0.2, 0.25) is 27.2 Å². The lowest BCUT2D eigenvalue weighted by Crippen LogP contribution is -2.55. The SMILES string of the molecule is COc1cc(OC)c2c(c1Cl)O[C@@]1(C(=O)C=C(Nc3cccc(N4CCCS4(=O)=O)c3)C[C@H]1C)C2=O. The number of ether oxygens (including phenoxy) is 3. The zero-order chi connectivity index (χ0) is 25.8. The van der Waals surface area contributed by atoms with Crippen LogP contribution >= 0.6 is 11.6 Å². The van der Waals surface area contributed by atoms with Gasteiger partial charge < -0.3 is 19.5 Å². The van der Waals surface area contributed by atoms with Gasteiger partial charge in [0, 0.05) is 36.0 Å². The van der Waals surface area contributed by atoms with Crippen molar-refractivity contribution < 1.29 is 32.2 Å².